The SMILES string of the molecule is CC(=O)NC(CS(=O)CCN1CCNC1=O)C(=O)O. The van der Waals surface area contributed by atoms with E-state index in [0.29, 0.717) is 19.6 Å². The minimum atomic E-state index is -1.42. The van der Waals surface area contributed by atoms with E-state index in [1.165, 1.54) is 11.8 Å². The van der Waals surface area contributed by atoms with Gasteiger partial charge >= 0.3 is 12.0 Å². The Hall–Kier alpha value is -1.64. The monoisotopic (exact) mass is 291 g/mol. The van der Waals surface area contributed by atoms with E-state index in [4.69, 9.17) is 5.11 Å². The molecule has 0 aromatic carbocycles. The molecule has 0 radical (unpaired) electrons. The van der Waals surface area contributed by atoms with E-state index in [2.05, 4.69) is 10.6 Å². The van der Waals surface area contributed by atoms with E-state index in [1.54, 1.807) is 0 Å². The molecule has 0 aromatic heterocycles. The minimum absolute atomic E-state index is 0.162. The van der Waals surface area contributed by atoms with E-state index < -0.39 is 28.7 Å². The van der Waals surface area contributed by atoms with Crippen LogP contribution in [0.4, 0.5) is 4.79 Å². The molecule has 1 rings (SSSR count). The average Bonchev–Trinajstić information content (AvgIpc) is 2.70. The number of carbonyl (C=O) groups excluding carboxylic acids is 2. The van der Waals surface area contributed by atoms with Crippen LogP contribution in [0.2, 0.25) is 0 Å². The third kappa shape index (κ3) is 5.25. The predicted octanol–water partition coefficient (Wildman–Crippen LogP) is -1.65. The van der Waals surface area contributed by atoms with Crippen LogP contribution in [0.5, 0.6) is 0 Å². The van der Waals surface area contributed by atoms with Crippen molar-refractivity contribution in [1.82, 2.24) is 15.5 Å². The van der Waals surface area contributed by atoms with Crippen LogP contribution in [0.15, 0.2) is 0 Å². The lowest BCUT2D eigenvalue weighted by Gasteiger charge is -2.15. The second kappa shape index (κ2) is 7.07. The lowest BCUT2D eigenvalue weighted by atomic mass is 10.3. The second-order valence-corrected chi connectivity index (χ2v) is 5.74. The number of aliphatic carboxylic acids is 1. The summed E-state index contributed by atoms with van der Waals surface area (Å²) >= 11 is 0. The van der Waals surface area contributed by atoms with Gasteiger partial charge in [-0.05, 0) is 0 Å². The van der Waals surface area contributed by atoms with Gasteiger partial charge in [0.1, 0.15) is 6.04 Å². The molecule has 9 heteroatoms. The van der Waals surface area contributed by atoms with Crippen LogP contribution in [-0.4, -0.2) is 69.3 Å². The Balaban J connectivity index is 2.37. The van der Waals surface area contributed by atoms with Crippen molar-refractivity contribution >= 4 is 28.7 Å². The van der Waals surface area contributed by atoms with E-state index in [-0.39, 0.29) is 17.5 Å². The van der Waals surface area contributed by atoms with Crippen LogP contribution >= 0.6 is 0 Å². The summed E-state index contributed by atoms with van der Waals surface area (Å²) in [5.74, 6) is -1.67. The molecule has 0 spiro atoms. The van der Waals surface area contributed by atoms with Crippen molar-refractivity contribution in [2.75, 3.05) is 31.1 Å². The molecule has 3 amide bonds. The fourth-order valence-corrected chi connectivity index (χ4v) is 2.81. The molecule has 1 aliphatic rings. The van der Waals surface area contributed by atoms with Gasteiger partial charge in [0.25, 0.3) is 0 Å². The smallest absolute Gasteiger partial charge is 0.327 e. The highest BCUT2D eigenvalue weighted by molar-refractivity contribution is 7.85. The Bertz CT molecular complexity index is 401. The summed E-state index contributed by atoms with van der Waals surface area (Å²) in [5.41, 5.74) is 0. The van der Waals surface area contributed by atoms with Crippen molar-refractivity contribution < 1.29 is 23.7 Å². The average molecular weight is 291 g/mol. The zero-order valence-electron chi connectivity index (χ0n) is 10.5. The molecular weight excluding hydrogens is 274 g/mol. The van der Waals surface area contributed by atoms with E-state index >= 15 is 0 Å². The lowest BCUT2D eigenvalue weighted by Crippen LogP contribution is -2.44. The summed E-state index contributed by atoms with van der Waals surface area (Å²) in [6.07, 6.45) is 0. The maximum absolute atomic E-state index is 11.7. The molecule has 108 valence electrons. The Morgan fingerprint density at radius 3 is 2.74 bits per heavy atom. The zero-order valence-corrected chi connectivity index (χ0v) is 11.4. The van der Waals surface area contributed by atoms with Crippen molar-refractivity contribution in [2.24, 2.45) is 0 Å². The number of amides is 3. The first kappa shape index (κ1) is 15.4. The fraction of sp³-hybridized carbons (Fsp3) is 0.700. The summed E-state index contributed by atoms with van der Waals surface area (Å²) in [4.78, 5) is 34.4. The molecular formula is C10H17N3O5S. The molecule has 8 nitrogen and oxygen atoms in total. The van der Waals surface area contributed by atoms with Crippen molar-refractivity contribution in [2.45, 2.75) is 13.0 Å². The molecule has 0 aromatic rings. The number of carboxylic acids is 1. The number of nitrogens with zero attached hydrogens (tertiary/aromatic N) is 1. The molecule has 19 heavy (non-hydrogen) atoms. The molecule has 1 saturated heterocycles. The van der Waals surface area contributed by atoms with Gasteiger partial charge in [0.05, 0.1) is 5.75 Å². The Morgan fingerprint density at radius 2 is 2.26 bits per heavy atom. The summed E-state index contributed by atoms with van der Waals surface area (Å²) in [6.45, 7) is 2.64. The van der Waals surface area contributed by atoms with Gasteiger partial charge in [-0.2, -0.15) is 0 Å². The van der Waals surface area contributed by atoms with Crippen molar-refractivity contribution in [3.63, 3.8) is 0 Å². The van der Waals surface area contributed by atoms with Crippen molar-refractivity contribution in [3.8, 4) is 0 Å². The second-order valence-electron chi connectivity index (χ2n) is 4.12. The minimum Gasteiger partial charge on any atom is -0.480 e. The third-order valence-corrected chi connectivity index (χ3v) is 3.91. The first-order chi connectivity index (χ1) is 8.90. The molecule has 0 bridgehead atoms. The maximum atomic E-state index is 11.7. The van der Waals surface area contributed by atoms with Gasteiger partial charge in [0, 0.05) is 43.1 Å². The Kier molecular flexibility index (Phi) is 5.74. The molecule has 2 atom stereocenters. The normalized spacial score (nSPS) is 17.7. The largest absolute Gasteiger partial charge is 0.480 e. The number of urea groups is 1. The molecule has 2 unspecified atom stereocenters. The highest BCUT2D eigenvalue weighted by Gasteiger charge is 2.23. The predicted molar refractivity (Wildman–Crippen MR) is 68.1 cm³/mol. The van der Waals surface area contributed by atoms with Crippen LogP contribution in [0.25, 0.3) is 0 Å². The molecule has 1 aliphatic heterocycles. The lowest BCUT2D eigenvalue weighted by molar-refractivity contribution is -0.140. The number of hydrogen-bond acceptors (Lipinski definition) is 4. The zero-order chi connectivity index (χ0) is 14.4. The van der Waals surface area contributed by atoms with E-state index in [0.717, 1.165) is 0 Å². The van der Waals surface area contributed by atoms with Crippen LogP contribution < -0.4 is 10.6 Å². The first-order valence-corrected chi connectivity index (χ1v) is 7.26. The van der Waals surface area contributed by atoms with Gasteiger partial charge < -0.3 is 20.6 Å². The van der Waals surface area contributed by atoms with E-state index in [9.17, 15) is 18.6 Å². The number of carboxylic acid groups (broad SMARTS) is 1. The number of nitrogens with one attached hydrogen (secondary N) is 2. The molecule has 0 saturated carbocycles. The topological polar surface area (TPSA) is 116 Å². The van der Waals surface area contributed by atoms with Crippen LogP contribution in [0.3, 0.4) is 0 Å². The molecule has 3 N–H and O–H groups in total. The standard InChI is InChI=1S/C10H17N3O5S/c1-7(14)12-8(9(15)16)6-19(18)5-4-13-3-2-11-10(13)17/h8H,2-6H2,1H3,(H,11,17)(H,12,14)(H,15,16). The highest BCUT2D eigenvalue weighted by Crippen LogP contribution is 1.98. The summed E-state index contributed by atoms with van der Waals surface area (Å²) in [7, 11) is -1.42. The van der Waals surface area contributed by atoms with Gasteiger partial charge in [-0.25, -0.2) is 9.59 Å². The van der Waals surface area contributed by atoms with Gasteiger partial charge in [-0.1, -0.05) is 0 Å². The summed E-state index contributed by atoms with van der Waals surface area (Å²) in [6, 6.07) is -1.36. The molecule has 0 aliphatic carbocycles. The molecule has 1 fully saturated rings. The first-order valence-electron chi connectivity index (χ1n) is 5.78. The van der Waals surface area contributed by atoms with Crippen molar-refractivity contribution in [1.29, 1.82) is 0 Å². The summed E-state index contributed by atoms with van der Waals surface area (Å²) in [5, 5.41) is 13.7. The van der Waals surface area contributed by atoms with Crippen LogP contribution in [0, 0.1) is 0 Å². The Labute approximate surface area is 113 Å². The Morgan fingerprint density at radius 1 is 1.58 bits per heavy atom. The number of hydrogen-bond donors (Lipinski definition) is 3. The highest BCUT2D eigenvalue weighted by atomic mass is 32.2. The van der Waals surface area contributed by atoms with Crippen LogP contribution in [0.1, 0.15) is 6.92 Å². The molecule has 1 heterocycles. The van der Waals surface area contributed by atoms with Gasteiger partial charge in [0.15, 0.2) is 0 Å². The van der Waals surface area contributed by atoms with E-state index in [1.807, 2.05) is 0 Å². The van der Waals surface area contributed by atoms with Gasteiger partial charge in [-0.15, -0.1) is 0 Å². The van der Waals surface area contributed by atoms with Gasteiger partial charge in [-0.3, -0.25) is 9.00 Å². The fourth-order valence-electron chi connectivity index (χ4n) is 1.63. The maximum Gasteiger partial charge on any atom is 0.327 e. The summed E-state index contributed by atoms with van der Waals surface area (Å²) < 4.78 is 11.7. The quantitative estimate of drug-likeness (QED) is 0.520. The van der Waals surface area contributed by atoms with Crippen molar-refractivity contribution in [3.05, 3.63) is 0 Å². The van der Waals surface area contributed by atoms with Gasteiger partial charge in [0.2, 0.25) is 5.91 Å². The number of carbonyl (C=O) groups is 3. The third-order valence-electron chi connectivity index (χ3n) is 2.56. The number of rotatable bonds is 7. The van der Waals surface area contributed by atoms with Crippen LogP contribution in [-0.2, 0) is 20.4 Å².